The number of imidazole rings is 1. The number of aliphatic hydroxyl groups excluding tert-OH is 5. The molecule has 3 heterocycles. The molecule has 9 N–H and O–H groups in total. The molecule has 2 saturated carbocycles. The van der Waals surface area contributed by atoms with Gasteiger partial charge in [0.25, 0.3) is 0 Å². The molecule has 26 heteroatoms. The van der Waals surface area contributed by atoms with Gasteiger partial charge in [-0.15, -0.1) is 0 Å². The Morgan fingerprint density at radius 1 is 0.510 bits per heavy atom. The van der Waals surface area contributed by atoms with E-state index in [9.17, 15) is 47.5 Å². The number of ketones is 1. The summed E-state index contributed by atoms with van der Waals surface area (Å²) in [5.74, 6) is 0.0484. The first kappa shape index (κ1) is 120. The number of hydrogen-bond acceptors (Lipinski definition) is 19. The van der Waals surface area contributed by atoms with Crippen molar-refractivity contribution in [2.45, 2.75) is 239 Å². The van der Waals surface area contributed by atoms with E-state index >= 15 is 0 Å². The monoisotopic (exact) mass is 2040 g/mol. The van der Waals surface area contributed by atoms with Crippen LogP contribution in [0.15, 0.2) is 339 Å². The molecule has 11 aromatic carbocycles. The minimum atomic E-state index is -4.33. The van der Waals surface area contributed by atoms with E-state index in [1.165, 1.54) is 109 Å². The minimum absolute atomic E-state index is 0.0146. The summed E-state index contributed by atoms with van der Waals surface area (Å²) in [7, 11) is -4.36. The van der Waals surface area contributed by atoms with Crippen molar-refractivity contribution in [1.29, 1.82) is 0 Å². The number of nitrogens with two attached hydrogens (primary N) is 1. The van der Waals surface area contributed by atoms with Crippen LogP contribution in [0.5, 0.6) is 5.75 Å². The maximum atomic E-state index is 11.8. The van der Waals surface area contributed by atoms with Gasteiger partial charge in [-0.05, 0) is 230 Å². The summed E-state index contributed by atoms with van der Waals surface area (Å²) in [5, 5.41) is 63.1. The van der Waals surface area contributed by atoms with Crippen molar-refractivity contribution in [3.63, 3.8) is 0 Å². The van der Waals surface area contributed by atoms with E-state index in [-0.39, 0.29) is 88.7 Å². The molecule has 23 nitrogen and oxygen atoms in total. The molecule has 2 bridgehead atoms. The molecule has 2 aliphatic carbocycles. The smallest absolute Gasteiger partial charge is 0.410 e. The van der Waals surface area contributed by atoms with Crippen LogP contribution in [0.4, 0.5) is 21.0 Å². The van der Waals surface area contributed by atoms with Crippen LogP contribution < -0.4 is 15.7 Å². The van der Waals surface area contributed by atoms with E-state index in [0.717, 1.165) is 41.0 Å². The number of unbranched alkanes of at least 4 members (excludes halogenated alkanes) is 2. The normalized spacial score (nSPS) is 15.2. The molecule has 0 spiro atoms. The average Bonchev–Trinajstić information content (AvgIpc) is 1.55. The largest absolute Gasteiger partial charge is 0.872 e. The zero-order chi connectivity index (χ0) is 106. The lowest BCUT2D eigenvalue weighted by molar-refractivity contribution is -0.268. The summed E-state index contributed by atoms with van der Waals surface area (Å²) in [6.45, 7) is 34.9. The maximum Gasteiger partial charge on any atom is 0.410 e. The molecule has 4 aliphatic rings. The third-order valence-electron chi connectivity index (χ3n) is 25.4. The van der Waals surface area contributed by atoms with Crippen LogP contribution in [-0.2, 0) is 46.2 Å². The number of carboxylic acid groups (broad SMARTS) is 1. The molecular formula is C119H157N7O16S3. The van der Waals surface area contributed by atoms with Gasteiger partial charge in [-0.25, -0.2) is 27.8 Å². The highest BCUT2D eigenvalue weighted by molar-refractivity contribution is 7.97. The molecule has 2 amide bonds. The number of rotatable bonds is 27. The number of aromatic nitrogens is 2. The highest BCUT2D eigenvalue weighted by atomic mass is 32.2. The topological polar surface area (TPSA) is 356 Å². The Kier molecular flexibility index (Phi) is 51.7. The summed E-state index contributed by atoms with van der Waals surface area (Å²) in [6.07, 6.45) is 9.38. The van der Waals surface area contributed by atoms with Gasteiger partial charge in [0.15, 0.2) is 29.4 Å². The Bertz CT molecular complexity index is 5400. The van der Waals surface area contributed by atoms with Gasteiger partial charge in [-0.1, -0.05) is 287 Å². The van der Waals surface area contributed by atoms with Crippen molar-refractivity contribution in [2.24, 2.45) is 16.7 Å². The second-order valence-corrected chi connectivity index (χ2v) is 44.2. The number of hydrogen-bond donors (Lipinski definition) is 8. The highest BCUT2D eigenvalue weighted by Gasteiger charge is 2.64. The van der Waals surface area contributed by atoms with Crippen LogP contribution in [0.3, 0.4) is 0 Å². The fourth-order valence-electron chi connectivity index (χ4n) is 16.8. The van der Waals surface area contributed by atoms with E-state index in [2.05, 4.69) is 299 Å². The summed E-state index contributed by atoms with van der Waals surface area (Å²) in [5.41, 5.74) is 12.0. The molecular weight excluding hydrogens is 1880 g/mol. The van der Waals surface area contributed by atoms with E-state index in [1.54, 1.807) is 14.7 Å². The van der Waals surface area contributed by atoms with Gasteiger partial charge < -0.3 is 75.2 Å². The molecule has 12 aromatic rings. The molecule has 145 heavy (non-hydrogen) atoms. The number of carbonyl (C=O) groups excluding carboxylic acids is 3. The van der Waals surface area contributed by atoms with Crippen molar-refractivity contribution < 1.29 is 77.4 Å². The van der Waals surface area contributed by atoms with Crippen molar-refractivity contribution in [3.05, 3.63) is 326 Å². The number of ether oxygens (including phenoxy) is 2. The number of nitrogens with one attached hydrogen (secondary N) is 1. The van der Waals surface area contributed by atoms with Crippen LogP contribution in [0.2, 0.25) is 0 Å². The van der Waals surface area contributed by atoms with E-state index in [0.29, 0.717) is 96.2 Å². The van der Waals surface area contributed by atoms with Gasteiger partial charge in [0.05, 0.1) is 86.3 Å². The van der Waals surface area contributed by atoms with Gasteiger partial charge in [-0.3, -0.25) is 9.69 Å². The standard InChI is InChI=1S/2C18H15S.C14H23N.C13H10N2.C12H19N.C11H21NO3.C10H19NO3.C10H16O4S.C7H6O3.C6H15NO3/c2*1-4-10-16(11-5-1)19(17-12-6-2-7-13-17)18-14-8-3-9-15-18;1-3-5-12-15(13-6-4-2)14-10-8-7-9-11-14;1-2-6-10(7-3-1)13-14-11-8-4-5-9-12(11)15-13;1-8(2)10-6-5-7-11(9(3)4)12(10)13;1-4-11(2,3)15-10(14)12-7-5-9(13)6-8-12;1-10(2,3)14-9(13)11-6-4-8(12)5-7-11;1-9(2)7-3-4-10(9,8(11)5-7)6-15(12,13)14;8-6-4-2-1-3-5(6)7(9)10;8-4-1-7(2-5-9)3-6-10/h2*1-15H;7-11H,3-6,12-13H2,1-2H3;1-9H,(H,14,15);5-9H,13H2,1-4H3;9,13H,4-8H2,1-3H3;8,12H,4-7H2,1-3H3;7H,3-6H2,1-2H3,(H,12,13,14);1-4,8H,(H,9,10);8-10H,1-6H2/q2*+1;;;;;;;;/p-2. The number of benzene rings is 11. The number of fused-ring (bicyclic) bond motifs is 3. The highest BCUT2D eigenvalue weighted by Crippen LogP contribution is 2.64. The lowest BCUT2D eigenvalue weighted by Gasteiger charge is -2.37. The van der Waals surface area contributed by atoms with Crippen LogP contribution in [0.25, 0.3) is 22.4 Å². The molecule has 4 fully saturated rings. The fourth-order valence-corrected chi connectivity index (χ4v) is 22.3. The number of aliphatic hydroxyl groups is 5. The van der Waals surface area contributed by atoms with Gasteiger partial charge in [0.1, 0.15) is 22.8 Å². The fraction of sp³-hybridized carbons (Fsp3) is 0.403. The molecule has 2 aliphatic heterocycles. The van der Waals surface area contributed by atoms with E-state index in [1.807, 2.05) is 97.9 Å². The second-order valence-electron chi connectivity index (χ2n) is 38.7. The molecule has 2 atom stereocenters. The quantitative estimate of drug-likeness (QED) is 0.0135. The molecule has 2 saturated heterocycles. The lowest BCUT2D eigenvalue weighted by Crippen LogP contribution is -2.43. The molecule has 0 radical (unpaired) electrons. The van der Waals surface area contributed by atoms with Crippen LogP contribution in [0.1, 0.15) is 207 Å². The lowest BCUT2D eigenvalue weighted by atomic mass is 9.70. The SMILES string of the molecule is CC(C)(C)OC(=O)N1CCC(O)CC1.CC(C)c1cccc(C(C)C)c1N.CC1(C)C2CCC1(CS(=O)(=O)[O-])C(=O)C2.CCC(C)(C)OC(=O)N1CCC(O)CC1.CCCCN(CCCC)c1ccccc1.O=C(O)c1ccccc1[O-].OCCN(CCO)CCO.c1ccc(-c2nc3ccccc3[nH]2)cc1.c1ccc([S+](c2ccccc2)c2ccccc2)cc1.c1ccc([S+](c2ccccc2)c2ccccc2)cc1. The minimum Gasteiger partial charge on any atom is -0.872 e. The number of carboxylic acids is 1. The van der Waals surface area contributed by atoms with Crippen molar-refractivity contribution in [1.82, 2.24) is 24.7 Å². The third kappa shape index (κ3) is 40.6. The Morgan fingerprint density at radius 3 is 1.19 bits per heavy atom. The second kappa shape index (κ2) is 62.4. The van der Waals surface area contributed by atoms with E-state index < -0.39 is 44.2 Å². The molecule has 16 rings (SSSR count). The Morgan fingerprint density at radius 2 is 0.869 bits per heavy atom. The summed E-state index contributed by atoms with van der Waals surface area (Å²) in [6, 6.07) is 105. The van der Waals surface area contributed by atoms with Gasteiger partial charge in [0.2, 0.25) is 0 Å². The number of Topliss-reactive ketones (excluding diaryl/α,β-unsaturated/α-hetero) is 1. The maximum absolute atomic E-state index is 11.8. The average molecular weight is 2040 g/mol. The summed E-state index contributed by atoms with van der Waals surface area (Å²) < 4.78 is 43.3. The van der Waals surface area contributed by atoms with Crippen molar-refractivity contribution >= 4 is 78.3 Å². The number of H-pyrrole nitrogens is 1. The zero-order valence-electron chi connectivity index (χ0n) is 87.3. The number of nitrogen functional groups attached to an aromatic ring is 1. The van der Waals surface area contributed by atoms with Gasteiger partial charge in [0, 0.05) is 87.7 Å². The first-order chi connectivity index (χ1) is 69.3. The number of amides is 2. The number of aromatic amines is 1. The predicted molar refractivity (Wildman–Crippen MR) is 586 cm³/mol. The molecule has 1 aromatic heterocycles. The first-order valence-corrected chi connectivity index (χ1v) is 54.7. The summed E-state index contributed by atoms with van der Waals surface area (Å²) >= 11 is 0. The zero-order valence-corrected chi connectivity index (χ0v) is 89.8. The number of likely N-dealkylation sites (tertiary alicyclic amines) is 2. The number of anilines is 2. The Hall–Kier alpha value is -11.7. The van der Waals surface area contributed by atoms with Crippen molar-refractivity contribution in [2.75, 3.05) is 95.1 Å². The van der Waals surface area contributed by atoms with Crippen molar-refractivity contribution in [3.8, 4) is 17.1 Å². The van der Waals surface area contributed by atoms with Gasteiger partial charge in [-0.2, -0.15) is 0 Å². The van der Waals surface area contributed by atoms with Crippen LogP contribution >= 0.6 is 0 Å². The number of nitrogens with zero attached hydrogens (tertiary/aromatic N) is 5. The van der Waals surface area contributed by atoms with Crippen LogP contribution in [0, 0.1) is 16.7 Å². The first-order valence-electron chi connectivity index (χ1n) is 50.6. The van der Waals surface area contributed by atoms with Crippen LogP contribution in [-0.4, -0.2) is 200 Å². The number of carbonyl (C=O) groups is 4. The summed E-state index contributed by atoms with van der Waals surface area (Å²) in [4.78, 5) is 68.9. The number of piperidine rings is 2. The Labute approximate surface area is 868 Å². The van der Waals surface area contributed by atoms with Gasteiger partial charge >= 0.3 is 18.2 Å². The molecule has 2 unspecified atom stereocenters. The number of aromatic carboxylic acids is 1. The Balaban J connectivity index is 0.000000220. The number of para-hydroxylation sites is 5. The van der Waals surface area contributed by atoms with E-state index in [4.69, 9.17) is 35.6 Å². The predicted octanol–water partition coefficient (Wildman–Crippen LogP) is 23.2. The third-order valence-corrected chi connectivity index (χ3v) is 30.7. The molecule has 782 valence electrons.